The minimum Gasteiger partial charge on any atom is -0.385 e. The second-order valence-corrected chi connectivity index (χ2v) is 8.05. The number of piperidine rings is 1. The third kappa shape index (κ3) is 5.88. The standard InChI is InChI=1S/C19H32N4O2/c1-19(2)9-13-22(14-10-19)18-15-16(7-8-17(18)23(24)25)20-11-5-6-12-21(3)4/h7-8,15,20H,5-6,9-14H2,1-4H3. The van der Waals surface area contributed by atoms with Gasteiger partial charge in [0.15, 0.2) is 0 Å². The summed E-state index contributed by atoms with van der Waals surface area (Å²) in [5.41, 5.74) is 2.25. The molecule has 6 heteroatoms. The van der Waals surface area contributed by atoms with E-state index in [0.717, 1.165) is 63.2 Å². The Morgan fingerprint density at radius 1 is 1.24 bits per heavy atom. The highest BCUT2D eigenvalue weighted by Gasteiger charge is 2.28. The predicted molar refractivity (Wildman–Crippen MR) is 105 cm³/mol. The fourth-order valence-electron chi connectivity index (χ4n) is 3.18. The summed E-state index contributed by atoms with van der Waals surface area (Å²) in [6, 6.07) is 5.40. The van der Waals surface area contributed by atoms with Gasteiger partial charge in [-0.2, -0.15) is 0 Å². The van der Waals surface area contributed by atoms with E-state index in [1.165, 1.54) is 0 Å². The first-order valence-corrected chi connectivity index (χ1v) is 9.20. The molecule has 1 N–H and O–H groups in total. The molecule has 1 aliphatic heterocycles. The maximum absolute atomic E-state index is 11.4. The lowest BCUT2D eigenvalue weighted by molar-refractivity contribution is -0.384. The molecule has 25 heavy (non-hydrogen) atoms. The number of hydrogen-bond donors (Lipinski definition) is 1. The molecule has 1 aromatic rings. The van der Waals surface area contributed by atoms with Gasteiger partial charge in [-0.15, -0.1) is 0 Å². The molecule has 0 radical (unpaired) electrons. The van der Waals surface area contributed by atoms with Crippen LogP contribution < -0.4 is 10.2 Å². The highest BCUT2D eigenvalue weighted by molar-refractivity contribution is 5.70. The number of nitro groups is 1. The molecule has 2 rings (SSSR count). The van der Waals surface area contributed by atoms with Crippen molar-refractivity contribution in [1.82, 2.24) is 4.90 Å². The van der Waals surface area contributed by atoms with Gasteiger partial charge in [-0.25, -0.2) is 0 Å². The van der Waals surface area contributed by atoms with E-state index in [1.54, 1.807) is 6.07 Å². The first kappa shape index (κ1) is 19.5. The van der Waals surface area contributed by atoms with Crippen molar-refractivity contribution in [3.8, 4) is 0 Å². The number of anilines is 2. The van der Waals surface area contributed by atoms with Gasteiger partial charge in [0, 0.05) is 31.4 Å². The van der Waals surface area contributed by atoms with Crippen molar-refractivity contribution < 1.29 is 4.92 Å². The van der Waals surface area contributed by atoms with Crippen LogP contribution in [0.5, 0.6) is 0 Å². The Balaban J connectivity index is 2.02. The number of unbranched alkanes of at least 4 members (excludes halogenated alkanes) is 1. The maximum Gasteiger partial charge on any atom is 0.292 e. The molecule has 0 saturated carbocycles. The average Bonchev–Trinajstić information content (AvgIpc) is 2.54. The monoisotopic (exact) mass is 348 g/mol. The second-order valence-electron chi connectivity index (χ2n) is 8.05. The molecular weight excluding hydrogens is 316 g/mol. The highest BCUT2D eigenvalue weighted by Crippen LogP contribution is 2.37. The van der Waals surface area contributed by atoms with Crippen molar-refractivity contribution in [3.05, 3.63) is 28.3 Å². The topological polar surface area (TPSA) is 61.6 Å². The normalized spacial score (nSPS) is 16.9. The predicted octanol–water partition coefficient (Wildman–Crippen LogP) is 3.97. The molecule has 1 aromatic carbocycles. The first-order chi connectivity index (χ1) is 11.8. The van der Waals surface area contributed by atoms with E-state index in [-0.39, 0.29) is 10.6 Å². The average molecular weight is 348 g/mol. The van der Waals surface area contributed by atoms with E-state index in [9.17, 15) is 10.1 Å². The fourth-order valence-corrected chi connectivity index (χ4v) is 3.18. The molecule has 0 amide bonds. The van der Waals surface area contributed by atoms with Gasteiger partial charge in [-0.3, -0.25) is 10.1 Å². The van der Waals surface area contributed by atoms with E-state index in [0.29, 0.717) is 5.41 Å². The minimum atomic E-state index is -0.268. The van der Waals surface area contributed by atoms with Gasteiger partial charge in [0.2, 0.25) is 0 Å². The fraction of sp³-hybridized carbons (Fsp3) is 0.684. The molecule has 140 valence electrons. The van der Waals surface area contributed by atoms with Crippen molar-refractivity contribution in [2.45, 2.75) is 39.5 Å². The molecular formula is C19H32N4O2. The molecule has 1 saturated heterocycles. The molecule has 0 atom stereocenters. The van der Waals surface area contributed by atoms with Gasteiger partial charge in [0.1, 0.15) is 5.69 Å². The van der Waals surface area contributed by atoms with Crippen molar-refractivity contribution in [1.29, 1.82) is 0 Å². The van der Waals surface area contributed by atoms with Crippen molar-refractivity contribution >= 4 is 17.1 Å². The van der Waals surface area contributed by atoms with Crippen molar-refractivity contribution in [2.75, 3.05) is 50.5 Å². The van der Waals surface area contributed by atoms with Crippen molar-refractivity contribution in [2.24, 2.45) is 5.41 Å². The van der Waals surface area contributed by atoms with Crippen LogP contribution in [0.1, 0.15) is 39.5 Å². The number of nitrogens with one attached hydrogen (secondary N) is 1. The van der Waals surface area contributed by atoms with E-state index in [1.807, 2.05) is 12.1 Å². The number of nitrogens with zero attached hydrogens (tertiary/aromatic N) is 3. The van der Waals surface area contributed by atoms with E-state index < -0.39 is 0 Å². The van der Waals surface area contributed by atoms with Crippen LogP contribution in [0.3, 0.4) is 0 Å². The molecule has 0 bridgehead atoms. The Labute approximate surface area is 151 Å². The summed E-state index contributed by atoms with van der Waals surface area (Å²) in [5.74, 6) is 0. The van der Waals surface area contributed by atoms with Crippen LogP contribution in [-0.2, 0) is 0 Å². The molecule has 0 aliphatic carbocycles. The Kier molecular flexibility index (Phi) is 6.64. The number of benzene rings is 1. The Hall–Kier alpha value is -1.82. The summed E-state index contributed by atoms with van der Waals surface area (Å²) in [4.78, 5) is 15.5. The SMILES string of the molecule is CN(C)CCCCNc1ccc([N+](=O)[O-])c(N2CCC(C)(C)CC2)c1. The van der Waals surface area contributed by atoms with Gasteiger partial charge in [-0.1, -0.05) is 13.8 Å². The molecule has 1 aliphatic rings. The van der Waals surface area contributed by atoms with Gasteiger partial charge in [-0.05, 0) is 63.9 Å². The highest BCUT2D eigenvalue weighted by atomic mass is 16.6. The van der Waals surface area contributed by atoms with Gasteiger partial charge < -0.3 is 15.1 Å². The maximum atomic E-state index is 11.4. The second kappa shape index (κ2) is 8.52. The van der Waals surface area contributed by atoms with Gasteiger partial charge in [0.05, 0.1) is 4.92 Å². The lowest BCUT2D eigenvalue weighted by atomic mass is 9.82. The third-order valence-corrected chi connectivity index (χ3v) is 4.99. The van der Waals surface area contributed by atoms with Crippen LogP contribution in [0.15, 0.2) is 18.2 Å². The summed E-state index contributed by atoms with van der Waals surface area (Å²) in [5, 5.41) is 14.8. The zero-order chi connectivity index (χ0) is 18.4. The molecule has 0 aromatic heterocycles. The largest absolute Gasteiger partial charge is 0.385 e. The van der Waals surface area contributed by atoms with E-state index in [2.05, 4.69) is 43.1 Å². The van der Waals surface area contributed by atoms with Crippen LogP contribution in [0.4, 0.5) is 17.1 Å². The summed E-state index contributed by atoms with van der Waals surface area (Å²) in [7, 11) is 4.16. The molecule has 0 unspecified atom stereocenters. The number of hydrogen-bond acceptors (Lipinski definition) is 5. The number of rotatable bonds is 8. The van der Waals surface area contributed by atoms with Crippen LogP contribution in [0, 0.1) is 15.5 Å². The number of nitro benzene ring substituents is 1. The lowest BCUT2D eigenvalue weighted by Gasteiger charge is -2.38. The summed E-state index contributed by atoms with van der Waals surface area (Å²) < 4.78 is 0. The summed E-state index contributed by atoms with van der Waals surface area (Å²) >= 11 is 0. The van der Waals surface area contributed by atoms with Crippen molar-refractivity contribution in [3.63, 3.8) is 0 Å². The molecule has 1 heterocycles. The first-order valence-electron chi connectivity index (χ1n) is 9.20. The molecule has 6 nitrogen and oxygen atoms in total. The molecule has 1 fully saturated rings. The van der Waals surface area contributed by atoms with Crippen LogP contribution in [0.25, 0.3) is 0 Å². The van der Waals surface area contributed by atoms with E-state index >= 15 is 0 Å². The quantitative estimate of drug-likeness (QED) is 0.437. The van der Waals surface area contributed by atoms with Crippen LogP contribution in [-0.4, -0.2) is 50.1 Å². The minimum absolute atomic E-state index is 0.206. The Bertz CT molecular complexity index is 577. The lowest BCUT2D eigenvalue weighted by Crippen LogP contribution is -2.37. The Morgan fingerprint density at radius 2 is 1.92 bits per heavy atom. The Morgan fingerprint density at radius 3 is 2.52 bits per heavy atom. The zero-order valence-electron chi connectivity index (χ0n) is 16.0. The summed E-state index contributed by atoms with van der Waals surface area (Å²) in [6.45, 7) is 8.25. The smallest absolute Gasteiger partial charge is 0.292 e. The van der Waals surface area contributed by atoms with Crippen LogP contribution >= 0.6 is 0 Å². The van der Waals surface area contributed by atoms with Gasteiger partial charge in [0.25, 0.3) is 5.69 Å². The third-order valence-electron chi connectivity index (χ3n) is 4.99. The van der Waals surface area contributed by atoms with Gasteiger partial charge >= 0.3 is 0 Å². The van der Waals surface area contributed by atoms with E-state index in [4.69, 9.17) is 0 Å². The summed E-state index contributed by atoms with van der Waals surface area (Å²) in [6.07, 6.45) is 4.35. The molecule has 0 spiro atoms. The zero-order valence-corrected chi connectivity index (χ0v) is 16.0. The van der Waals surface area contributed by atoms with Crippen LogP contribution in [0.2, 0.25) is 0 Å².